The number of hydrogen-bond acceptors (Lipinski definition) is 3. The van der Waals surface area contributed by atoms with Crippen LogP contribution >= 0.6 is 0 Å². The highest BCUT2D eigenvalue weighted by Gasteiger charge is 2.10. The van der Waals surface area contributed by atoms with Gasteiger partial charge in [-0.2, -0.15) is 0 Å². The van der Waals surface area contributed by atoms with E-state index in [1.54, 1.807) is 6.26 Å². The fourth-order valence-electron chi connectivity index (χ4n) is 1.55. The van der Waals surface area contributed by atoms with E-state index in [0.29, 0.717) is 0 Å². The van der Waals surface area contributed by atoms with Crippen molar-refractivity contribution in [2.45, 2.75) is 38.8 Å². The fourth-order valence-corrected chi connectivity index (χ4v) is 1.55. The lowest BCUT2D eigenvalue weighted by Crippen LogP contribution is -2.33. The molecule has 0 aliphatic rings. The molecule has 1 aromatic rings. The van der Waals surface area contributed by atoms with E-state index in [-0.39, 0.29) is 5.54 Å². The molecule has 0 saturated carbocycles. The van der Waals surface area contributed by atoms with E-state index in [0.717, 1.165) is 31.7 Å². The lowest BCUT2D eigenvalue weighted by molar-refractivity contribution is 0.279. The van der Waals surface area contributed by atoms with Gasteiger partial charge >= 0.3 is 0 Å². The van der Waals surface area contributed by atoms with Crippen molar-refractivity contribution in [3.8, 4) is 0 Å². The summed E-state index contributed by atoms with van der Waals surface area (Å²) in [6.07, 6.45) is 3.89. The van der Waals surface area contributed by atoms with Gasteiger partial charge in [0.2, 0.25) is 0 Å². The maximum absolute atomic E-state index is 5.92. The molecule has 0 bridgehead atoms. The maximum Gasteiger partial charge on any atom is 0.117 e. The van der Waals surface area contributed by atoms with Crippen LogP contribution in [-0.2, 0) is 6.54 Å². The molecule has 0 atom stereocenters. The molecule has 0 aliphatic heterocycles. The topological polar surface area (TPSA) is 42.4 Å². The molecule has 1 heterocycles. The molecule has 0 unspecified atom stereocenters. The summed E-state index contributed by atoms with van der Waals surface area (Å²) in [5.41, 5.74) is 5.87. The van der Waals surface area contributed by atoms with E-state index in [4.69, 9.17) is 10.2 Å². The molecule has 3 nitrogen and oxygen atoms in total. The van der Waals surface area contributed by atoms with Gasteiger partial charge in [0.25, 0.3) is 0 Å². The minimum Gasteiger partial charge on any atom is -0.468 e. The molecule has 0 spiro atoms. The second-order valence-corrected chi connectivity index (χ2v) is 4.91. The third-order valence-corrected chi connectivity index (χ3v) is 2.37. The molecule has 0 aliphatic carbocycles. The van der Waals surface area contributed by atoms with Crippen molar-refractivity contribution in [1.29, 1.82) is 0 Å². The molecule has 86 valence electrons. The van der Waals surface area contributed by atoms with Gasteiger partial charge in [0.05, 0.1) is 12.8 Å². The number of nitrogens with zero attached hydrogens (tertiary/aromatic N) is 1. The Labute approximate surface area is 92.2 Å². The third-order valence-electron chi connectivity index (χ3n) is 2.37. The summed E-state index contributed by atoms with van der Waals surface area (Å²) < 4.78 is 5.29. The molecule has 0 radical (unpaired) electrons. The normalized spacial score (nSPS) is 12.3. The predicted molar refractivity (Wildman–Crippen MR) is 62.5 cm³/mol. The molecule has 1 aromatic heterocycles. The Morgan fingerprint density at radius 2 is 2.20 bits per heavy atom. The van der Waals surface area contributed by atoms with Crippen LogP contribution in [0.15, 0.2) is 22.8 Å². The Morgan fingerprint density at radius 1 is 1.47 bits per heavy atom. The van der Waals surface area contributed by atoms with Crippen LogP contribution in [0.5, 0.6) is 0 Å². The Hall–Kier alpha value is -0.800. The molecule has 0 aromatic carbocycles. The van der Waals surface area contributed by atoms with Crippen molar-refractivity contribution in [3.63, 3.8) is 0 Å². The molecule has 15 heavy (non-hydrogen) atoms. The first-order valence-corrected chi connectivity index (χ1v) is 5.47. The van der Waals surface area contributed by atoms with Gasteiger partial charge in [0.1, 0.15) is 5.76 Å². The van der Waals surface area contributed by atoms with Crippen LogP contribution in [-0.4, -0.2) is 24.0 Å². The van der Waals surface area contributed by atoms with Gasteiger partial charge in [-0.3, -0.25) is 4.90 Å². The van der Waals surface area contributed by atoms with Crippen molar-refractivity contribution in [2.24, 2.45) is 5.73 Å². The van der Waals surface area contributed by atoms with E-state index < -0.39 is 0 Å². The van der Waals surface area contributed by atoms with E-state index in [9.17, 15) is 0 Å². The van der Waals surface area contributed by atoms with Crippen molar-refractivity contribution < 1.29 is 4.42 Å². The molecule has 2 N–H and O–H groups in total. The number of hydrogen-bond donors (Lipinski definition) is 1. The third kappa shape index (κ3) is 5.60. The summed E-state index contributed by atoms with van der Waals surface area (Å²) in [7, 11) is 2.10. The van der Waals surface area contributed by atoms with Crippen LogP contribution < -0.4 is 5.73 Å². The molecule has 3 heteroatoms. The minimum atomic E-state index is -0.0501. The minimum absolute atomic E-state index is 0.0501. The fraction of sp³-hybridized carbons (Fsp3) is 0.667. The van der Waals surface area contributed by atoms with Gasteiger partial charge in [-0.25, -0.2) is 0 Å². The van der Waals surface area contributed by atoms with Gasteiger partial charge in [-0.15, -0.1) is 0 Å². The average molecular weight is 210 g/mol. The quantitative estimate of drug-likeness (QED) is 0.783. The van der Waals surface area contributed by atoms with Crippen molar-refractivity contribution in [3.05, 3.63) is 24.2 Å². The second-order valence-electron chi connectivity index (χ2n) is 4.91. The number of rotatable bonds is 6. The van der Waals surface area contributed by atoms with E-state index in [1.165, 1.54) is 0 Å². The van der Waals surface area contributed by atoms with Crippen molar-refractivity contribution in [1.82, 2.24) is 4.90 Å². The second kappa shape index (κ2) is 5.33. The van der Waals surface area contributed by atoms with Crippen molar-refractivity contribution in [2.75, 3.05) is 13.6 Å². The summed E-state index contributed by atoms with van der Waals surface area (Å²) in [4.78, 5) is 2.25. The molecule has 0 amide bonds. The number of nitrogens with two attached hydrogens (primary N) is 1. The monoisotopic (exact) mass is 210 g/mol. The van der Waals surface area contributed by atoms with Crippen LogP contribution in [0.4, 0.5) is 0 Å². The summed E-state index contributed by atoms with van der Waals surface area (Å²) >= 11 is 0. The SMILES string of the molecule is CN(CCCC(C)(C)N)Cc1ccco1. The average Bonchev–Trinajstić information content (AvgIpc) is 2.54. The molecular weight excluding hydrogens is 188 g/mol. The van der Waals surface area contributed by atoms with Crippen LogP contribution in [0.1, 0.15) is 32.4 Å². The maximum atomic E-state index is 5.92. The van der Waals surface area contributed by atoms with Gasteiger partial charge in [-0.05, 0) is 52.4 Å². The standard InChI is InChI=1S/C12H22N2O/c1-12(2,13)7-5-8-14(3)10-11-6-4-9-15-11/h4,6,9H,5,7-8,10,13H2,1-3H3. The summed E-state index contributed by atoms with van der Waals surface area (Å²) in [6, 6.07) is 3.93. The Morgan fingerprint density at radius 3 is 2.73 bits per heavy atom. The van der Waals surface area contributed by atoms with Gasteiger partial charge < -0.3 is 10.2 Å². The van der Waals surface area contributed by atoms with Crippen molar-refractivity contribution >= 4 is 0 Å². The first kappa shape index (κ1) is 12.3. The predicted octanol–water partition coefficient (Wildman–Crippen LogP) is 2.23. The van der Waals surface area contributed by atoms with Crippen LogP contribution in [0.3, 0.4) is 0 Å². The largest absolute Gasteiger partial charge is 0.468 e. The zero-order valence-corrected chi connectivity index (χ0v) is 9.99. The van der Waals surface area contributed by atoms with Gasteiger partial charge in [0, 0.05) is 5.54 Å². The summed E-state index contributed by atoms with van der Waals surface area (Å²) in [6.45, 7) is 6.07. The van der Waals surface area contributed by atoms with E-state index in [2.05, 4.69) is 25.8 Å². The van der Waals surface area contributed by atoms with Crippen LogP contribution in [0.2, 0.25) is 0 Å². The Bertz CT molecular complexity index is 262. The molecule has 0 saturated heterocycles. The lowest BCUT2D eigenvalue weighted by Gasteiger charge is -2.21. The summed E-state index contributed by atoms with van der Waals surface area (Å²) in [5, 5.41) is 0. The highest BCUT2D eigenvalue weighted by atomic mass is 16.3. The number of furan rings is 1. The molecule has 1 rings (SSSR count). The zero-order valence-electron chi connectivity index (χ0n) is 9.99. The first-order valence-electron chi connectivity index (χ1n) is 5.47. The van der Waals surface area contributed by atoms with E-state index in [1.807, 2.05) is 12.1 Å². The van der Waals surface area contributed by atoms with Gasteiger partial charge in [0.15, 0.2) is 0 Å². The van der Waals surface area contributed by atoms with Gasteiger partial charge in [-0.1, -0.05) is 0 Å². The first-order chi connectivity index (χ1) is 6.97. The molecule has 0 fully saturated rings. The smallest absolute Gasteiger partial charge is 0.117 e. The van der Waals surface area contributed by atoms with Crippen LogP contribution in [0.25, 0.3) is 0 Å². The van der Waals surface area contributed by atoms with E-state index >= 15 is 0 Å². The van der Waals surface area contributed by atoms with Crippen LogP contribution in [0, 0.1) is 0 Å². The highest BCUT2D eigenvalue weighted by molar-refractivity contribution is 4.97. The Kier molecular flexibility index (Phi) is 4.36. The lowest BCUT2D eigenvalue weighted by atomic mass is 10.0. The summed E-state index contributed by atoms with van der Waals surface area (Å²) in [5.74, 6) is 1.02. The molecular formula is C12H22N2O. The zero-order chi connectivity index (χ0) is 11.3. The highest BCUT2D eigenvalue weighted by Crippen LogP contribution is 2.09. The Balaban J connectivity index is 2.17.